The molecule has 0 aromatic heterocycles. The van der Waals surface area contributed by atoms with Crippen LogP contribution in [0.25, 0.3) is 11.1 Å². The van der Waals surface area contributed by atoms with Crippen molar-refractivity contribution in [3.8, 4) is 29.2 Å². The van der Waals surface area contributed by atoms with Crippen molar-refractivity contribution >= 4 is 46.4 Å². The minimum absolute atomic E-state index is 0.0510. The number of anilines is 1. The van der Waals surface area contributed by atoms with E-state index in [0.29, 0.717) is 11.3 Å². The molecule has 0 N–H and O–H groups in total. The fourth-order valence-corrected chi connectivity index (χ4v) is 3.06. The molecule has 0 saturated carbocycles. The lowest BCUT2D eigenvalue weighted by Crippen LogP contribution is -2.39. The van der Waals surface area contributed by atoms with Crippen LogP contribution in [0.1, 0.15) is 0 Å². The van der Waals surface area contributed by atoms with E-state index < -0.39 is 5.82 Å². The Kier molecular flexibility index (Phi) is 4.60. The molecule has 0 fully saturated rings. The highest BCUT2D eigenvalue weighted by atomic mass is 35.5. The number of nitrogens with zero attached hydrogens (tertiary/aromatic N) is 1. The number of carbonyl (C=O) groups excluding carboxylic acids is 1. The summed E-state index contributed by atoms with van der Waals surface area (Å²) < 4.78 is 19.8. The van der Waals surface area contributed by atoms with Crippen LogP contribution in [0.4, 0.5) is 10.1 Å². The lowest BCUT2D eigenvalue weighted by molar-refractivity contribution is -0.121. The van der Waals surface area contributed by atoms with Crippen LogP contribution >= 0.6 is 34.8 Å². The Balaban J connectivity index is 2.20. The van der Waals surface area contributed by atoms with E-state index in [4.69, 9.17) is 46.0 Å². The molecule has 1 amide bonds. The molecular formula is C17H9Cl3FNO2. The van der Waals surface area contributed by atoms with Crippen molar-refractivity contribution in [2.24, 2.45) is 0 Å². The summed E-state index contributed by atoms with van der Waals surface area (Å²) in [5, 5.41) is 0.506. The second-order valence-corrected chi connectivity index (χ2v) is 6.16. The minimum Gasteiger partial charge on any atom is -0.481 e. The van der Waals surface area contributed by atoms with E-state index in [1.165, 1.54) is 23.1 Å². The standard InChI is InChI=1S/C17H9Cl3FNO2/c1-2-5-22-13-6-10(9-3-4-11(18)17(20)16(9)19)12(21)7-14(13)24-8-15(22)23/h1,3-4,6-7H,5,8H2. The van der Waals surface area contributed by atoms with Crippen LogP contribution in [0.5, 0.6) is 5.75 Å². The number of fused-ring (bicyclic) bond motifs is 1. The maximum Gasteiger partial charge on any atom is 0.265 e. The monoisotopic (exact) mass is 383 g/mol. The molecule has 0 aliphatic carbocycles. The second kappa shape index (κ2) is 6.52. The van der Waals surface area contributed by atoms with Gasteiger partial charge >= 0.3 is 0 Å². The zero-order valence-electron chi connectivity index (χ0n) is 12.1. The Labute approximate surface area is 152 Å². The van der Waals surface area contributed by atoms with Crippen LogP contribution < -0.4 is 9.64 Å². The van der Waals surface area contributed by atoms with E-state index in [1.54, 1.807) is 6.07 Å². The highest BCUT2D eigenvalue weighted by molar-refractivity contribution is 6.49. The zero-order valence-corrected chi connectivity index (χ0v) is 14.3. The quantitative estimate of drug-likeness (QED) is 0.549. The molecule has 3 rings (SSSR count). The second-order valence-electron chi connectivity index (χ2n) is 5.00. The smallest absolute Gasteiger partial charge is 0.265 e. The molecule has 1 heterocycles. The summed E-state index contributed by atoms with van der Waals surface area (Å²) >= 11 is 18.1. The number of benzene rings is 2. The molecule has 0 unspecified atom stereocenters. The third kappa shape index (κ3) is 2.80. The summed E-state index contributed by atoms with van der Waals surface area (Å²) in [5.41, 5.74) is 0.894. The van der Waals surface area contributed by atoms with E-state index in [0.717, 1.165) is 0 Å². The first kappa shape index (κ1) is 16.9. The van der Waals surface area contributed by atoms with Gasteiger partial charge in [-0.3, -0.25) is 9.69 Å². The van der Waals surface area contributed by atoms with Gasteiger partial charge < -0.3 is 4.74 Å². The molecule has 122 valence electrons. The maximum atomic E-state index is 14.5. The fraction of sp³-hybridized carbons (Fsp3) is 0.118. The first-order chi connectivity index (χ1) is 11.4. The van der Waals surface area contributed by atoms with Crippen LogP contribution in [0.3, 0.4) is 0 Å². The normalized spacial score (nSPS) is 13.3. The molecule has 1 aliphatic rings. The van der Waals surface area contributed by atoms with Gasteiger partial charge in [-0.05, 0) is 12.1 Å². The largest absolute Gasteiger partial charge is 0.481 e. The van der Waals surface area contributed by atoms with Gasteiger partial charge in [0.05, 0.1) is 27.3 Å². The number of halogens is 4. The molecule has 3 nitrogen and oxygen atoms in total. The predicted molar refractivity (Wildman–Crippen MR) is 93.5 cm³/mol. The van der Waals surface area contributed by atoms with Crippen LogP contribution in [0.2, 0.25) is 15.1 Å². The first-order valence-electron chi connectivity index (χ1n) is 6.78. The number of rotatable bonds is 2. The molecule has 24 heavy (non-hydrogen) atoms. The van der Waals surface area contributed by atoms with Gasteiger partial charge in [0.25, 0.3) is 5.91 Å². The van der Waals surface area contributed by atoms with Gasteiger partial charge in [0.15, 0.2) is 6.61 Å². The number of carbonyl (C=O) groups is 1. The third-order valence-corrected chi connectivity index (χ3v) is 4.86. The summed E-state index contributed by atoms with van der Waals surface area (Å²) in [7, 11) is 0. The first-order valence-corrected chi connectivity index (χ1v) is 7.91. The molecule has 2 aromatic rings. The van der Waals surface area contributed by atoms with Crippen molar-refractivity contribution in [2.45, 2.75) is 0 Å². The molecule has 0 atom stereocenters. The highest BCUT2D eigenvalue weighted by Gasteiger charge is 2.27. The molecule has 0 radical (unpaired) electrons. The van der Waals surface area contributed by atoms with E-state index in [9.17, 15) is 9.18 Å². The van der Waals surface area contributed by atoms with Gasteiger partial charge in [0, 0.05) is 17.2 Å². The Hall–Kier alpha value is -1.93. The maximum absolute atomic E-state index is 14.5. The summed E-state index contributed by atoms with van der Waals surface area (Å²) in [6.07, 6.45) is 5.31. The molecule has 7 heteroatoms. The van der Waals surface area contributed by atoms with Crippen molar-refractivity contribution < 1.29 is 13.9 Å². The number of amides is 1. The van der Waals surface area contributed by atoms with Crippen LogP contribution in [-0.2, 0) is 4.79 Å². The number of terminal acetylenes is 1. The van der Waals surface area contributed by atoms with Crippen molar-refractivity contribution in [2.75, 3.05) is 18.1 Å². The third-order valence-electron chi connectivity index (χ3n) is 3.57. The number of hydrogen-bond acceptors (Lipinski definition) is 2. The fourth-order valence-electron chi connectivity index (χ4n) is 2.43. The lowest BCUT2D eigenvalue weighted by Gasteiger charge is -2.28. The molecule has 2 aromatic carbocycles. The van der Waals surface area contributed by atoms with Gasteiger partial charge in [0.1, 0.15) is 11.6 Å². The van der Waals surface area contributed by atoms with E-state index in [2.05, 4.69) is 5.92 Å². The Morgan fingerprint density at radius 1 is 1.21 bits per heavy atom. The summed E-state index contributed by atoms with van der Waals surface area (Å²) in [5.74, 6) is 1.77. The van der Waals surface area contributed by atoms with Crippen LogP contribution in [0.15, 0.2) is 24.3 Å². The summed E-state index contributed by atoms with van der Waals surface area (Å²) in [6.45, 7) is -0.142. The lowest BCUT2D eigenvalue weighted by atomic mass is 10.0. The summed E-state index contributed by atoms with van der Waals surface area (Å²) in [6, 6.07) is 5.73. The van der Waals surface area contributed by atoms with Crippen molar-refractivity contribution in [3.05, 3.63) is 45.2 Å². The Bertz CT molecular complexity index is 892. The van der Waals surface area contributed by atoms with Crippen LogP contribution in [0, 0.1) is 18.2 Å². The van der Waals surface area contributed by atoms with Gasteiger partial charge in [-0.15, -0.1) is 6.42 Å². The number of ether oxygens (including phenoxy) is 1. The van der Waals surface area contributed by atoms with Crippen molar-refractivity contribution in [1.82, 2.24) is 0 Å². The van der Waals surface area contributed by atoms with Crippen LogP contribution in [-0.4, -0.2) is 19.1 Å². The van der Waals surface area contributed by atoms with E-state index in [-0.39, 0.29) is 45.4 Å². The van der Waals surface area contributed by atoms with Crippen molar-refractivity contribution in [1.29, 1.82) is 0 Å². The topological polar surface area (TPSA) is 29.5 Å². The van der Waals surface area contributed by atoms with Gasteiger partial charge in [-0.25, -0.2) is 4.39 Å². The SMILES string of the molecule is C#CCN1C(=O)COc2cc(F)c(-c3ccc(Cl)c(Cl)c3Cl)cc21. The predicted octanol–water partition coefficient (Wildman–Crippen LogP) is 4.81. The number of hydrogen-bond donors (Lipinski definition) is 0. The minimum atomic E-state index is -0.566. The molecule has 0 saturated heterocycles. The average molecular weight is 385 g/mol. The molecule has 0 bridgehead atoms. The van der Waals surface area contributed by atoms with E-state index >= 15 is 0 Å². The van der Waals surface area contributed by atoms with Gasteiger partial charge in [0.2, 0.25) is 0 Å². The molecular weight excluding hydrogens is 376 g/mol. The average Bonchev–Trinajstić information content (AvgIpc) is 2.56. The summed E-state index contributed by atoms with van der Waals surface area (Å²) in [4.78, 5) is 13.3. The van der Waals surface area contributed by atoms with Gasteiger partial charge in [-0.2, -0.15) is 0 Å². The van der Waals surface area contributed by atoms with Gasteiger partial charge in [-0.1, -0.05) is 46.8 Å². The molecule has 1 aliphatic heterocycles. The molecule has 0 spiro atoms. The Morgan fingerprint density at radius 3 is 2.67 bits per heavy atom. The highest BCUT2D eigenvalue weighted by Crippen LogP contribution is 2.43. The zero-order chi connectivity index (χ0) is 17.4. The van der Waals surface area contributed by atoms with Crippen molar-refractivity contribution in [3.63, 3.8) is 0 Å². The Morgan fingerprint density at radius 2 is 1.96 bits per heavy atom. The van der Waals surface area contributed by atoms with E-state index in [1.807, 2.05) is 0 Å².